The number of nitrogen functional groups attached to an aromatic ring is 1. The molecule has 5 heteroatoms. The number of benzene rings is 2. The number of quaternary nitrogens is 1. The summed E-state index contributed by atoms with van der Waals surface area (Å²) in [5, 5.41) is 10.7. The van der Waals surface area contributed by atoms with Gasteiger partial charge in [-0.25, -0.2) is 4.84 Å². The maximum Gasteiger partial charge on any atom is 0.135 e. The van der Waals surface area contributed by atoms with Gasteiger partial charge >= 0.3 is 0 Å². The van der Waals surface area contributed by atoms with Gasteiger partial charge in [-0.15, -0.1) is 0 Å². The Bertz CT molecular complexity index is 750. The first kappa shape index (κ1) is 16.9. The highest BCUT2D eigenvalue weighted by atomic mass is 16.6. The topological polar surface area (TPSA) is 76.6 Å². The summed E-state index contributed by atoms with van der Waals surface area (Å²) >= 11 is 0. The molecule has 2 rings (SSSR count). The first-order chi connectivity index (χ1) is 11.1. The molecule has 0 heterocycles. The molecule has 0 aromatic heterocycles. The van der Waals surface area contributed by atoms with E-state index in [1.807, 2.05) is 68.5 Å². The van der Waals surface area contributed by atoms with Crippen molar-refractivity contribution in [3.8, 4) is 0 Å². The molecule has 0 saturated heterocycles. The molecule has 1 atom stereocenters. The second-order valence-electron chi connectivity index (χ2n) is 5.32. The van der Waals surface area contributed by atoms with Crippen LogP contribution in [0.4, 0.5) is 11.4 Å². The monoisotopic (exact) mass is 311 g/mol. The number of nitrogens with zero attached hydrogens (tertiary/aromatic N) is 2. The van der Waals surface area contributed by atoms with E-state index in [1.165, 1.54) is 0 Å². The fourth-order valence-corrected chi connectivity index (χ4v) is 2.18. The Labute approximate surface area is 136 Å². The molecule has 23 heavy (non-hydrogen) atoms. The van der Waals surface area contributed by atoms with Crippen molar-refractivity contribution in [2.24, 2.45) is 10.2 Å². The summed E-state index contributed by atoms with van der Waals surface area (Å²) in [6.07, 6.45) is 5.90. The second kappa shape index (κ2) is 8.22. The molecule has 0 bridgehead atoms. The molecule has 4 N–H and O–H groups in total. The highest BCUT2D eigenvalue weighted by molar-refractivity contribution is 5.99. The quantitative estimate of drug-likeness (QED) is 0.371. The van der Waals surface area contributed by atoms with Crippen LogP contribution in [0.15, 0.2) is 70.6 Å². The van der Waals surface area contributed by atoms with E-state index in [2.05, 4.69) is 10.2 Å². The van der Waals surface area contributed by atoms with Gasteiger partial charge in [-0.3, -0.25) is 0 Å². The molecule has 0 saturated carbocycles. The van der Waals surface area contributed by atoms with Crippen LogP contribution in [0.25, 0.3) is 10.8 Å². The maximum atomic E-state index is 6.00. The number of hydrogen-bond acceptors (Lipinski definition) is 4. The molecule has 0 aliphatic carbocycles. The summed E-state index contributed by atoms with van der Waals surface area (Å²) < 4.78 is 0. The first-order valence-corrected chi connectivity index (χ1v) is 7.51. The van der Waals surface area contributed by atoms with Crippen LogP contribution in [0, 0.1) is 0 Å². The lowest BCUT2D eigenvalue weighted by atomic mass is 10.1. The van der Waals surface area contributed by atoms with Gasteiger partial charge in [0.05, 0.1) is 18.8 Å². The van der Waals surface area contributed by atoms with Gasteiger partial charge < -0.3 is 5.73 Å². The van der Waals surface area contributed by atoms with Gasteiger partial charge in [-0.05, 0) is 25.1 Å². The molecule has 0 radical (unpaired) electrons. The number of hydrogen-bond donors (Lipinski definition) is 2. The lowest BCUT2D eigenvalue weighted by Crippen LogP contribution is -2.79. The number of hydroxylamine groups is 1. The van der Waals surface area contributed by atoms with Gasteiger partial charge in [-0.2, -0.15) is 15.7 Å². The molecular formula is C18H23N4O+. The van der Waals surface area contributed by atoms with Gasteiger partial charge in [0.15, 0.2) is 0 Å². The van der Waals surface area contributed by atoms with Crippen LogP contribution in [0.5, 0.6) is 0 Å². The fourth-order valence-electron chi connectivity index (χ4n) is 2.18. The van der Waals surface area contributed by atoms with Gasteiger partial charge in [0.25, 0.3) is 0 Å². The van der Waals surface area contributed by atoms with Crippen molar-refractivity contribution in [2.75, 3.05) is 12.8 Å². The predicted octanol–water partition coefficient (Wildman–Crippen LogP) is 3.48. The van der Waals surface area contributed by atoms with Gasteiger partial charge in [0, 0.05) is 23.4 Å². The third-order valence-corrected chi connectivity index (χ3v) is 3.33. The predicted molar refractivity (Wildman–Crippen MR) is 94.2 cm³/mol. The Balaban J connectivity index is 2.13. The standard InChI is InChI=1S/C18H22N4O/c1-13(7-6-8-14(2)22-23-3)20-21-18-12-11-17(19)15-9-4-5-10-16(15)18/h4-13,22H,19H2,1-3H3/p+1/b7-6-,14-8-,21-20?. The van der Waals surface area contributed by atoms with Crippen molar-refractivity contribution in [1.29, 1.82) is 0 Å². The highest BCUT2D eigenvalue weighted by Crippen LogP contribution is 2.30. The summed E-state index contributed by atoms with van der Waals surface area (Å²) in [6, 6.07) is 11.7. The van der Waals surface area contributed by atoms with Crippen molar-refractivity contribution >= 4 is 22.1 Å². The Morgan fingerprint density at radius 2 is 1.96 bits per heavy atom. The Hall–Kier alpha value is -2.50. The average molecular weight is 311 g/mol. The number of allylic oxidation sites excluding steroid dienone is 3. The van der Waals surface area contributed by atoms with Crippen LogP contribution in [0.3, 0.4) is 0 Å². The minimum absolute atomic E-state index is 0.0158. The zero-order chi connectivity index (χ0) is 16.7. The van der Waals surface area contributed by atoms with Crippen LogP contribution in [-0.4, -0.2) is 13.2 Å². The van der Waals surface area contributed by atoms with E-state index in [1.54, 1.807) is 12.6 Å². The zero-order valence-corrected chi connectivity index (χ0v) is 13.7. The number of rotatable bonds is 6. The Morgan fingerprint density at radius 1 is 1.22 bits per heavy atom. The van der Waals surface area contributed by atoms with Gasteiger partial charge in [0.1, 0.15) is 5.70 Å². The summed E-state index contributed by atoms with van der Waals surface area (Å²) in [4.78, 5) is 4.94. The molecular weight excluding hydrogens is 288 g/mol. The van der Waals surface area contributed by atoms with E-state index in [0.29, 0.717) is 0 Å². The van der Waals surface area contributed by atoms with Crippen molar-refractivity contribution < 1.29 is 10.3 Å². The van der Waals surface area contributed by atoms with Gasteiger partial charge in [-0.1, -0.05) is 36.4 Å². The third kappa shape index (κ3) is 4.74. The summed E-state index contributed by atoms with van der Waals surface area (Å²) in [5.41, 5.74) is 10.3. The molecule has 0 aliphatic rings. The molecule has 2 aromatic rings. The molecule has 0 aliphatic heterocycles. The smallest absolute Gasteiger partial charge is 0.135 e. The molecule has 1 unspecified atom stereocenters. The molecule has 0 fully saturated rings. The fraction of sp³-hybridized carbons (Fsp3) is 0.222. The van der Waals surface area contributed by atoms with Crippen molar-refractivity contribution in [2.45, 2.75) is 19.9 Å². The number of fused-ring (bicyclic) bond motifs is 1. The van der Waals surface area contributed by atoms with Crippen molar-refractivity contribution in [1.82, 2.24) is 0 Å². The van der Waals surface area contributed by atoms with Crippen LogP contribution in [-0.2, 0) is 4.84 Å². The van der Waals surface area contributed by atoms with E-state index in [0.717, 1.165) is 27.8 Å². The zero-order valence-electron chi connectivity index (χ0n) is 13.7. The summed E-state index contributed by atoms with van der Waals surface area (Å²) in [5.74, 6) is 0. The van der Waals surface area contributed by atoms with Crippen LogP contribution < -0.4 is 11.2 Å². The number of azo groups is 1. The second-order valence-corrected chi connectivity index (χ2v) is 5.32. The lowest BCUT2D eigenvalue weighted by molar-refractivity contribution is -0.854. The van der Waals surface area contributed by atoms with E-state index in [9.17, 15) is 0 Å². The summed E-state index contributed by atoms with van der Waals surface area (Å²) in [6.45, 7) is 3.96. The van der Waals surface area contributed by atoms with Crippen molar-refractivity contribution in [3.05, 3.63) is 60.3 Å². The highest BCUT2D eigenvalue weighted by Gasteiger charge is 2.03. The normalized spacial score (nSPS) is 14.1. The van der Waals surface area contributed by atoms with E-state index in [4.69, 9.17) is 10.6 Å². The molecule has 120 valence electrons. The van der Waals surface area contributed by atoms with E-state index in [-0.39, 0.29) is 6.04 Å². The average Bonchev–Trinajstić information content (AvgIpc) is 2.55. The maximum absolute atomic E-state index is 6.00. The lowest BCUT2D eigenvalue weighted by Gasteiger charge is -2.04. The van der Waals surface area contributed by atoms with Gasteiger partial charge in [0.2, 0.25) is 0 Å². The minimum Gasteiger partial charge on any atom is -0.398 e. The summed E-state index contributed by atoms with van der Waals surface area (Å²) in [7, 11) is 1.63. The molecule has 0 spiro atoms. The number of nitrogens with two attached hydrogens (primary N) is 2. The van der Waals surface area contributed by atoms with Crippen molar-refractivity contribution in [3.63, 3.8) is 0 Å². The van der Waals surface area contributed by atoms with E-state index < -0.39 is 0 Å². The SMILES string of the molecule is CO[NH2+]/C(C)=C\C=C/C(C)N=Nc1ccc(N)c2ccccc12. The first-order valence-electron chi connectivity index (χ1n) is 7.51. The third-order valence-electron chi connectivity index (χ3n) is 3.33. The largest absolute Gasteiger partial charge is 0.398 e. The molecule has 5 nitrogen and oxygen atoms in total. The molecule has 2 aromatic carbocycles. The Morgan fingerprint density at radius 3 is 2.70 bits per heavy atom. The Kier molecular flexibility index (Phi) is 6.02. The van der Waals surface area contributed by atoms with Crippen LogP contribution >= 0.6 is 0 Å². The van der Waals surface area contributed by atoms with Crippen LogP contribution in [0.2, 0.25) is 0 Å². The minimum atomic E-state index is -0.0158. The van der Waals surface area contributed by atoms with Crippen LogP contribution in [0.1, 0.15) is 13.8 Å². The molecule has 0 amide bonds. The number of anilines is 1. The van der Waals surface area contributed by atoms with E-state index >= 15 is 0 Å².